The Morgan fingerprint density at radius 3 is 2.50 bits per heavy atom. The van der Waals surface area contributed by atoms with Gasteiger partial charge in [-0.2, -0.15) is 0 Å². The van der Waals surface area contributed by atoms with Crippen LogP contribution in [0, 0.1) is 0 Å². The summed E-state index contributed by atoms with van der Waals surface area (Å²) in [4.78, 5) is 4.46. The van der Waals surface area contributed by atoms with Crippen molar-refractivity contribution in [3.63, 3.8) is 0 Å². The third kappa shape index (κ3) is 3.56. The average molecular weight is 262 g/mol. The Balaban J connectivity index is 2.05. The SMILES string of the molecule is CCOCCc1ccc(-c2ccc(Cl)cc2)nc1. The van der Waals surface area contributed by atoms with Crippen molar-refractivity contribution in [2.45, 2.75) is 13.3 Å². The number of benzene rings is 1. The summed E-state index contributed by atoms with van der Waals surface area (Å²) < 4.78 is 5.32. The lowest BCUT2D eigenvalue weighted by Crippen LogP contribution is -1.98. The fourth-order valence-electron chi connectivity index (χ4n) is 1.70. The number of rotatable bonds is 5. The summed E-state index contributed by atoms with van der Waals surface area (Å²) in [5.41, 5.74) is 3.24. The molecule has 0 saturated heterocycles. The molecule has 2 rings (SSSR count). The van der Waals surface area contributed by atoms with Gasteiger partial charge in [-0.05, 0) is 37.1 Å². The highest BCUT2D eigenvalue weighted by molar-refractivity contribution is 6.30. The minimum atomic E-state index is 0.743. The predicted octanol–water partition coefficient (Wildman–Crippen LogP) is 3.98. The maximum atomic E-state index is 5.86. The molecule has 0 saturated carbocycles. The van der Waals surface area contributed by atoms with Crippen LogP contribution in [0.5, 0.6) is 0 Å². The zero-order valence-electron chi connectivity index (χ0n) is 10.4. The Labute approximate surface area is 113 Å². The number of pyridine rings is 1. The van der Waals surface area contributed by atoms with Crippen molar-refractivity contribution in [2.75, 3.05) is 13.2 Å². The fraction of sp³-hybridized carbons (Fsp3) is 0.267. The van der Waals surface area contributed by atoms with Crippen LogP contribution in [0.25, 0.3) is 11.3 Å². The first kappa shape index (κ1) is 13.1. The number of ether oxygens (including phenoxy) is 1. The molecule has 0 unspecified atom stereocenters. The molecule has 2 aromatic rings. The highest BCUT2D eigenvalue weighted by Gasteiger charge is 2.00. The summed E-state index contributed by atoms with van der Waals surface area (Å²) in [6.45, 7) is 3.51. The van der Waals surface area contributed by atoms with Gasteiger partial charge in [0, 0.05) is 23.4 Å². The Morgan fingerprint density at radius 2 is 1.89 bits per heavy atom. The number of aromatic nitrogens is 1. The van der Waals surface area contributed by atoms with E-state index in [1.54, 1.807) is 0 Å². The van der Waals surface area contributed by atoms with E-state index in [0.29, 0.717) is 0 Å². The molecule has 1 heterocycles. The van der Waals surface area contributed by atoms with Crippen LogP contribution in [0.1, 0.15) is 12.5 Å². The van der Waals surface area contributed by atoms with E-state index in [2.05, 4.69) is 11.1 Å². The standard InChI is InChI=1S/C15H16ClNO/c1-2-18-10-9-12-3-8-15(17-11-12)13-4-6-14(16)7-5-13/h3-8,11H,2,9-10H2,1H3. The zero-order valence-corrected chi connectivity index (χ0v) is 11.2. The molecule has 3 heteroatoms. The molecule has 0 aliphatic carbocycles. The van der Waals surface area contributed by atoms with E-state index in [1.807, 2.05) is 43.5 Å². The van der Waals surface area contributed by atoms with E-state index in [1.165, 1.54) is 5.56 Å². The van der Waals surface area contributed by atoms with Gasteiger partial charge in [-0.1, -0.05) is 29.8 Å². The van der Waals surface area contributed by atoms with Crippen LogP contribution < -0.4 is 0 Å². The Morgan fingerprint density at radius 1 is 1.11 bits per heavy atom. The molecule has 0 fully saturated rings. The smallest absolute Gasteiger partial charge is 0.0702 e. The van der Waals surface area contributed by atoms with Crippen molar-refractivity contribution in [3.05, 3.63) is 53.2 Å². The van der Waals surface area contributed by atoms with Crippen LogP contribution in [0.3, 0.4) is 0 Å². The van der Waals surface area contributed by atoms with Crippen molar-refractivity contribution in [3.8, 4) is 11.3 Å². The lowest BCUT2D eigenvalue weighted by Gasteiger charge is -2.04. The molecule has 2 nitrogen and oxygen atoms in total. The minimum absolute atomic E-state index is 0.743. The van der Waals surface area contributed by atoms with Gasteiger partial charge in [-0.3, -0.25) is 4.98 Å². The average Bonchev–Trinajstić information content (AvgIpc) is 2.41. The van der Waals surface area contributed by atoms with Crippen molar-refractivity contribution in [2.24, 2.45) is 0 Å². The van der Waals surface area contributed by atoms with Gasteiger partial charge in [0.2, 0.25) is 0 Å². The van der Waals surface area contributed by atoms with Crippen LogP contribution in [0.2, 0.25) is 5.02 Å². The topological polar surface area (TPSA) is 22.1 Å². The second kappa shape index (κ2) is 6.53. The molecule has 1 aromatic heterocycles. The van der Waals surface area contributed by atoms with Crippen LogP contribution in [0.4, 0.5) is 0 Å². The first-order valence-electron chi connectivity index (χ1n) is 6.08. The molecule has 94 valence electrons. The van der Waals surface area contributed by atoms with Crippen LogP contribution in [0.15, 0.2) is 42.6 Å². The van der Waals surface area contributed by atoms with Gasteiger partial charge in [-0.15, -0.1) is 0 Å². The normalized spacial score (nSPS) is 10.6. The molecule has 0 atom stereocenters. The summed E-state index contributed by atoms with van der Waals surface area (Å²) in [5.74, 6) is 0. The zero-order chi connectivity index (χ0) is 12.8. The fourth-order valence-corrected chi connectivity index (χ4v) is 1.82. The lowest BCUT2D eigenvalue weighted by molar-refractivity contribution is 0.151. The summed E-state index contributed by atoms with van der Waals surface area (Å²) in [6, 6.07) is 11.8. The van der Waals surface area contributed by atoms with Gasteiger partial charge < -0.3 is 4.74 Å². The second-order valence-corrected chi connectivity index (χ2v) is 4.44. The lowest BCUT2D eigenvalue weighted by atomic mass is 10.1. The van der Waals surface area contributed by atoms with Gasteiger partial charge in [0.05, 0.1) is 12.3 Å². The first-order chi connectivity index (χ1) is 8.79. The second-order valence-electron chi connectivity index (χ2n) is 4.01. The minimum Gasteiger partial charge on any atom is -0.381 e. The number of hydrogen-bond acceptors (Lipinski definition) is 2. The number of hydrogen-bond donors (Lipinski definition) is 0. The predicted molar refractivity (Wildman–Crippen MR) is 74.9 cm³/mol. The molecular weight excluding hydrogens is 246 g/mol. The quantitative estimate of drug-likeness (QED) is 0.760. The van der Waals surface area contributed by atoms with E-state index in [9.17, 15) is 0 Å². The van der Waals surface area contributed by atoms with Gasteiger partial charge in [0.1, 0.15) is 0 Å². The molecule has 1 aromatic carbocycles. The molecule has 0 radical (unpaired) electrons. The molecule has 0 aliphatic heterocycles. The largest absolute Gasteiger partial charge is 0.381 e. The maximum absolute atomic E-state index is 5.86. The van der Waals surface area contributed by atoms with Gasteiger partial charge in [0.25, 0.3) is 0 Å². The van der Waals surface area contributed by atoms with E-state index in [4.69, 9.17) is 16.3 Å². The van der Waals surface area contributed by atoms with E-state index < -0.39 is 0 Å². The van der Waals surface area contributed by atoms with Gasteiger partial charge in [-0.25, -0.2) is 0 Å². The third-order valence-corrected chi connectivity index (χ3v) is 2.96. The molecule has 0 bridgehead atoms. The van der Waals surface area contributed by atoms with Gasteiger partial charge >= 0.3 is 0 Å². The van der Waals surface area contributed by atoms with E-state index in [0.717, 1.165) is 35.9 Å². The third-order valence-electron chi connectivity index (χ3n) is 2.70. The Hall–Kier alpha value is -1.38. The van der Waals surface area contributed by atoms with Crippen LogP contribution in [-0.4, -0.2) is 18.2 Å². The Bertz CT molecular complexity index is 479. The van der Waals surface area contributed by atoms with Crippen LogP contribution in [-0.2, 0) is 11.2 Å². The summed E-state index contributed by atoms with van der Waals surface area (Å²) in [7, 11) is 0. The van der Waals surface area contributed by atoms with Crippen molar-refractivity contribution < 1.29 is 4.74 Å². The van der Waals surface area contributed by atoms with Crippen molar-refractivity contribution >= 4 is 11.6 Å². The summed E-state index contributed by atoms with van der Waals surface area (Å²) >= 11 is 5.86. The Kier molecular flexibility index (Phi) is 4.73. The highest BCUT2D eigenvalue weighted by atomic mass is 35.5. The summed E-state index contributed by atoms with van der Waals surface area (Å²) in [5, 5.41) is 0.743. The monoisotopic (exact) mass is 261 g/mol. The van der Waals surface area contributed by atoms with E-state index in [-0.39, 0.29) is 0 Å². The molecule has 18 heavy (non-hydrogen) atoms. The maximum Gasteiger partial charge on any atom is 0.0702 e. The molecule has 0 N–H and O–H groups in total. The van der Waals surface area contributed by atoms with E-state index >= 15 is 0 Å². The molecular formula is C15H16ClNO. The van der Waals surface area contributed by atoms with Crippen molar-refractivity contribution in [1.82, 2.24) is 4.98 Å². The number of halogens is 1. The van der Waals surface area contributed by atoms with Crippen molar-refractivity contribution in [1.29, 1.82) is 0 Å². The molecule has 0 spiro atoms. The van der Waals surface area contributed by atoms with Gasteiger partial charge in [0.15, 0.2) is 0 Å². The molecule has 0 aliphatic rings. The van der Waals surface area contributed by atoms with Crippen LogP contribution >= 0.6 is 11.6 Å². The highest BCUT2D eigenvalue weighted by Crippen LogP contribution is 2.19. The molecule has 0 amide bonds. The first-order valence-corrected chi connectivity index (χ1v) is 6.46. The summed E-state index contributed by atoms with van der Waals surface area (Å²) in [6.07, 6.45) is 2.81. The number of nitrogens with zero attached hydrogens (tertiary/aromatic N) is 1.